The number of aryl methyl sites for hydroxylation is 1. The molecule has 0 aliphatic heterocycles. The van der Waals surface area contributed by atoms with E-state index in [0.717, 1.165) is 0 Å². The molecule has 3 nitrogen and oxygen atoms in total. The maximum atomic E-state index is 5.96. The minimum absolute atomic E-state index is 0.476. The van der Waals surface area contributed by atoms with E-state index in [1.165, 1.54) is 0 Å². The van der Waals surface area contributed by atoms with Crippen molar-refractivity contribution in [1.82, 2.24) is 9.78 Å². The van der Waals surface area contributed by atoms with E-state index < -0.39 is 0 Å². The van der Waals surface area contributed by atoms with Crippen LogP contribution in [0.3, 0.4) is 0 Å². The Bertz CT molecular complexity index is 482. The van der Waals surface area contributed by atoms with E-state index in [-0.39, 0.29) is 0 Å². The van der Waals surface area contributed by atoms with Crippen molar-refractivity contribution < 1.29 is 4.74 Å². The maximum absolute atomic E-state index is 5.96. The van der Waals surface area contributed by atoms with Gasteiger partial charge in [-0.05, 0) is 18.2 Å². The Balaban J connectivity index is 2.29. The molecule has 1 aromatic carbocycles. The van der Waals surface area contributed by atoms with Crippen LogP contribution >= 0.6 is 23.2 Å². The van der Waals surface area contributed by atoms with Crippen molar-refractivity contribution >= 4 is 23.2 Å². The van der Waals surface area contributed by atoms with Crippen molar-refractivity contribution in [3.63, 3.8) is 0 Å². The number of halogens is 2. The van der Waals surface area contributed by atoms with Gasteiger partial charge in [0.25, 0.3) is 0 Å². The number of benzene rings is 1. The molecule has 1 aromatic heterocycles. The fourth-order valence-corrected chi connectivity index (χ4v) is 1.58. The van der Waals surface area contributed by atoms with Crippen LogP contribution in [0, 0.1) is 0 Å². The first-order valence-electron chi connectivity index (χ1n) is 4.28. The Hall–Kier alpha value is -1.19. The van der Waals surface area contributed by atoms with Gasteiger partial charge in [0, 0.05) is 18.1 Å². The van der Waals surface area contributed by atoms with Gasteiger partial charge >= 0.3 is 0 Å². The highest BCUT2D eigenvalue weighted by molar-refractivity contribution is 6.35. The molecular weight excluding hydrogens is 235 g/mol. The van der Waals surface area contributed by atoms with Crippen LogP contribution in [-0.4, -0.2) is 9.78 Å². The van der Waals surface area contributed by atoms with Crippen LogP contribution in [0.15, 0.2) is 30.5 Å². The summed E-state index contributed by atoms with van der Waals surface area (Å²) in [6.45, 7) is 0. The molecule has 0 radical (unpaired) electrons. The molecule has 0 unspecified atom stereocenters. The van der Waals surface area contributed by atoms with Gasteiger partial charge in [-0.25, -0.2) is 4.68 Å². The lowest BCUT2D eigenvalue weighted by Crippen LogP contribution is -1.94. The summed E-state index contributed by atoms with van der Waals surface area (Å²) in [5.74, 6) is 1.18. The summed E-state index contributed by atoms with van der Waals surface area (Å²) in [5.41, 5.74) is 0. The smallest absolute Gasteiger partial charge is 0.217 e. The van der Waals surface area contributed by atoms with Gasteiger partial charge in [0.1, 0.15) is 5.75 Å². The second kappa shape index (κ2) is 4.13. The van der Waals surface area contributed by atoms with E-state index in [0.29, 0.717) is 21.7 Å². The molecule has 0 aliphatic carbocycles. The summed E-state index contributed by atoms with van der Waals surface area (Å²) < 4.78 is 7.16. The number of aromatic nitrogens is 2. The van der Waals surface area contributed by atoms with Crippen LogP contribution in [0.5, 0.6) is 11.6 Å². The van der Waals surface area contributed by atoms with Crippen molar-refractivity contribution in [2.75, 3.05) is 0 Å². The Labute approximate surface area is 97.2 Å². The van der Waals surface area contributed by atoms with Crippen LogP contribution in [0.25, 0.3) is 0 Å². The Kier molecular flexibility index (Phi) is 2.84. The molecule has 1 heterocycles. The monoisotopic (exact) mass is 242 g/mol. The standard InChI is InChI=1S/C10H8Cl2N2O/c1-14-10(4-5-13-14)15-9-3-2-7(11)6-8(9)12/h2-6H,1H3. The number of ether oxygens (including phenoxy) is 1. The Morgan fingerprint density at radius 3 is 2.67 bits per heavy atom. The average molecular weight is 243 g/mol. The normalized spacial score (nSPS) is 10.3. The summed E-state index contributed by atoms with van der Waals surface area (Å²) in [4.78, 5) is 0. The van der Waals surface area contributed by atoms with E-state index in [2.05, 4.69) is 5.10 Å². The SMILES string of the molecule is Cn1nccc1Oc1ccc(Cl)cc1Cl. The molecule has 0 fully saturated rings. The van der Waals surface area contributed by atoms with Gasteiger partial charge in [-0.1, -0.05) is 23.2 Å². The molecule has 15 heavy (non-hydrogen) atoms. The lowest BCUT2D eigenvalue weighted by Gasteiger charge is -2.07. The van der Waals surface area contributed by atoms with Crippen molar-refractivity contribution in [2.45, 2.75) is 0 Å². The molecule has 2 rings (SSSR count). The molecule has 5 heteroatoms. The van der Waals surface area contributed by atoms with Gasteiger partial charge in [0.2, 0.25) is 5.88 Å². The molecule has 78 valence electrons. The molecule has 0 bridgehead atoms. The predicted molar refractivity (Wildman–Crippen MR) is 59.7 cm³/mol. The zero-order valence-electron chi connectivity index (χ0n) is 7.95. The van der Waals surface area contributed by atoms with Gasteiger partial charge < -0.3 is 4.74 Å². The quantitative estimate of drug-likeness (QED) is 0.806. The molecule has 0 spiro atoms. The fourth-order valence-electron chi connectivity index (χ4n) is 1.13. The number of rotatable bonds is 2. The van der Waals surface area contributed by atoms with Crippen LogP contribution in [0.1, 0.15) is 0 Å². The highest BCUT2D eigenvalue weighted by Gasteiger charge is 2.06. The largest absolute Gasteiger partial charge is 0.438 e. The summed E-state index contributed by atoms with van der Waals surface area (Å²) in [7, 11) is 1.79. The van der Waals surface area contributed by atoms with Gasteiger partial charge in [-0.2, -0.15) is 5.10 Å². The first-order chi connectivity index (χ1) is 7.16. The molecular formula is C10H8Cl2N2O. The first kappa shape index (κ1) is 10.3. The van der Waals surface area contributed by atoms with Crippen molar-refractivity contribution in [1.29, 1.82) is 0 Å². The molecule has 0 N–H and O–H groups in total. The van der Waals surface area contributed by atoms with Gasteiger partial charge in [0.05, 0.1) is 11.2 Å². The van der Waals surface area contributed by atoms with Gasteiger partial charge in [0.15, 0.2) is 0 Å². The second-order valence-electron chi connectivity index (χ2n) is 2.97. The summed E-state index contributed by atoms with van der Waals surface area (Å²) in [6, 6.07) is 6.83. The number of hydrogen-bond acceptors (Lipinski definition) is 2. The zero-order chi connectivity index (χ0) is 10.8. The third-order valence-corrected chi connectivity index (χ3v) is 2.41. The van der Waals surface area contributed by atoms with Gasteiger partial charge in [-0.3, -0.25) is 0 Å². The van der Waals surface area contributed by atoms with E-state index in [1.807, 2.05) is 0 Å². The molecule has 0 atom stereocenters. The molecule has 0 saturated carbocycles. The number of nitrogens with zero attached hydrogens (tertiary/aromatic N) is 2. The number of hydrogen-bond donors (Lipinski definition) is 0. The Morgan fingerprint density at radius 2 is 2.07 bits per heavy atom. The second-order valence-corrected chi connectivity index (χ2v) is 3.81. The lowest BCUT2D eigenvalue weighted by molar-refractivity contribution is 0.431. The summed E-state index contributed by atoms with van der Waals surface area (Å²) in [5, 5.41) is 5.04. The van der Waals surface area contributed by atoms with Crippen molar-refractivity contribution in [2.24, 2.45) is 7.05 Å². The average Bonchev–Trinajstić information content (AvgIpc) is 2.57. The van der Waals surface area contributed by atoms with Gasteiger partial charge in [-0.15, -0.1) is 0 Å². The minimum Gasteiger partial charge on any atom is -0.438 e. The van der Waals surface area contributed by atoms with Crippen LogP contribution in [0.2, 0.25) is 10.0 Å². The predicted octanol–water partition coefficient (Wildman–Crippen LogP) is 3.52. The Morgan fingerprint density at radius 1 is 1.27 bits per heavy atom. The minimum atomic E-state index is 0.476. The topological polar surface area (TPSA) is 27.1 Å². The fraction of sp³-hybridized carbons (Fsp3) is 0.100. The van der Waals surface area contributed by atoms with Crippen molar-refractivity contribution in [3.05, 3.63) is 40.5 Å². The van der Waals surface area contributed by atoms with E-state index >= 15 is 0 Å². The molecule has 2 aromatic rings. The highest BCUT2D eigenvalue weighted by atomic mass is 35.5. The van der Waals surface area contributed by atoms with Crippen LogP contribution in [0.4, 0.5) is 0 Å². The zero-order valence-corrected chi connectivity index (χ0v) is 9.46. The van der Waals surface area contributed by atoms with E-state index in [1.54, 1.807) is 42.2 Å². The van der Waals surface area contributed by atoms with Crippen molar-refractivity contribution in [3.8, 4) is 11.6 Å². The van der Waals surface area contributed by atoms with Crippen LogP contribution < -0.4 is 4.74 Å². The van der Waals surface area contributed by atoms with E-state index in [9.17, 15) is 0 Å². The maximum Gasteiger partial charge on any atom is 0.217 e. The van der Waals surface area contributed by atoms with Crippen LogP contribution in [-0.2, 0) is 7.05 Å². The summed E-state index contributed by atoms with van der Waals surface area (Å²) in [6.07, 6.45) is 1.65. The first-order valence-corrected chi connectivity index (χ1v) is 5.03. The molecule has 0 saturated heterocycles. The third kappa shape index (κ3) is 2.25. The lowest BCUT2D eigenvalue weighted by atomic mass is 10.3. The van der Waals surface area contributed by atoms with E-state index in [4.69, 9.17) is 27.9 Å². The molecule has 0 amide bonds. The third-order valence-electron chi connectivity index (χ3n) is 1.88. The molecule has 0 aliphatic rings. The highest BCUT2D eigenvalue weighted by Crippen LogP contribution is 2.30. The summed E-state index contributed by atoms with van der Waals surface area (Å²) >= 11 is 11.7.